The van der Waals surface area contributed by atoms with E-state index >= 15 is 0 Å². The van der Waals surface area contributed by atoms with Crippen LogP contribution >= 0.6 is 0 Å². The lowest BCUT2D eigenvalue weighted by Gasteiger charge is -2.22. The Kier molecular flexibility index (Phi) is 7.19. The third-order valence-electron chi connectivity index (χ3n) is 4.89. The molecule has 1 fully saturated rings. The highest BCUT2D eigenvalue weighted by atomic mass is 16.5. The topological polar surface area (TPSA) is 74.8 Å². The highest BCUT2D eigenvalue weighted by Crippen LogP contribution is 2.16. The number of anilines is 2. The number of hydrogen-bond acceptors (Lipinski definition) is 6. The van der Waals surface area contributed by atoms with Gasteiger partial charge in [-0.2, -0.15) is 0 Å². The van der Waals surface area contributed by atoms with Crippen molar-refractivity contribution >= 4 is 23.4 Å². The summed E-state index contributed by atoms with van der Waals surface area (Å²) in [6.07, 6.45) is 2.55. The lowest BCUT2D eigenvalue weighted by atomic mass is 10.2. The Labute approximate surface area is 171 Å². The van der Waals surface area contributed by atoms with E-state index in [1.54, 1.807) is 12.3 Å². The van der Waals surface area contributed by atoms with Crippen LogP contribution in [0.1, 0.15) is 29.3 Å². The number of hydrogen-bond donors (Lipinski definition) is 1. The molecular weight excluding hydrogens is 368 g/mol. The fourth-order valence-electron chi connectivity index (χ4n) is 3.29. The number of pyridine rings is 1. The van der Waals surface area contributed by atoms with Crippen LogP contribution in [-0.2, 0) is 9.53 Å². The van der Waals surface area contributed by atoms with Gasteiger partial charge in [0.05, 0.1) is 18.7 Å². The van der Waals surface area contributed by atoms with Gasteiger partial charge in [0.15, 0.2) is 0 Å². The normalized spacial score (nSPS) is 14.9. The van der Waals surface area contributed by atoms with Crippen LogP contribution in [0.4, 0.5) is 11.5 Å². The molecule has 1 aliphatic rings. The number of carbonyl (C=O) groups is 2. The van der Waals surface area contributed by atoms with Gasteiger partial charge < -0.3 is 15.0 Å². The largest absolute Gasteiger partial charge is 0.465 e. The smallest absolute Gasteiger partial charge is 0.320 e. The minimum absolute atomic E-state index is 0.176. The molecule has 0 atom stereocenters. The Bertz CT molecular complexity index is 821. The summed E-state index contributed by atoms with van der Waals surface area (Å²) in [6, 6.07) is 11.4. The van der Waals surface area contributed by atoms with Crippen LogP contribution in [0.2, 0.25) is 0 Å². The second kappa shape index (κ2) is 10.0. The van der Waals surface area contributed by atoms with E-state index in [0.29, 0.717) is 18.7 Å². The van der Waals surface area contributed by atoms with Crippen molar-refractivity contribution in [2.75, 3.05) is 49.5 Å². The number of carbonyl (C=O) groups excluding carboxylic acids is 2. The first-order valence-corrected chi connectivity index (χ1v) is 10.0. The molecule has 2 aromatic rings. The molecule has 1 saturated heterocycles. The van der Waals surface area contributed by atoms with E-state index in [-0.39, 0.29) is 11.9 Å². The van der Waals surface area contributed by atoms with E-state index in [0.717, 1.165) is 49.7 Å². The Balaban J connectivity index is 1.56. The van der Waals surface area contributed by atoms with E-state index in [2.05, 4.69) is 20.1 Å². The summed E-state index contributed by atoms with van der Waals surface area (Å²) in [7, 11) is 0. The summed E-state index contributed by atoms with van der Waals surface area (Å²) < 4.78 is 5.04. The predicted octanol–water partition coefficient (Wildman–Crippen LogP) is 2.72. The quantitative estimate of drug-likeness (QED) is 0.757. The maximum Gasteiger partial charge on any atom is 0.320 e. The van der Waals surface area contributed by atoms with Gasteiger partial charge in [-0.25, -0.2) is 4.98 Å². The van der Waals surface area contributed by atoms with Gasteiger partial charge in [0, 0.05) is 38.1 Å². The molecule has 7 heteroatoms. The molecule has 0 unspecified atom stereocenters. The summed E-state index contributed by atoms with van der Waals surface area (Å²) in [6.45, 7) is 7.83. The van der Waals surface area contributed by atoms with Crippen LogP contribution in [0.3, 0.4) is 0 Å². The van der Waals surface area contributed by atoms with Gasteiger partial charge >= 0.3 is 5.97 Å². The van der Waals surface area contributed by atoms with Crippen LogP contribution in [-0.4, -0.2) is 61.1 Å². The van der Waals surface area contributed by atoms with Gasteiger partial charge in [-0.15, -0.1) is 0 Å². The van der Waals surface area contributed by atoms with Crippen LogP contribution < -0.4 is 10.2 Å². The van der Waals surface area contributed by atoms with Crippen molar-refractivity contribution in [1.82, 2.24) is 9.88 Å². The number of amides is 1. The molecule has 0 aliphatic carbocycles. The number of benzene rings is 1. The molecule has 154 valence electrons. The number of rotatable bonds is 6. The lowest BCUT2D eigenvalue weighted by molar-refractivity contribution is -0.144. The first-order chi connectivity index (χ1) is 14.0. The van der Waals surface area contributed by atoms with Crippen LogP contribution in [0.5, 0.6) is 0 Å². The van der Waals surface area contributed by atoms with Crippen molar-refractivity contribution in [3.05, 3.63) is 53.7 Å². The van der Waals surface area contributed by atoms with E-state index in [9.17, 15) is 9.59 Å². The molecule has 7 nitrogen and oxygen atoms in total. The summed E-state index contributed by atoms with van der Waals surface area (Å²) in [5.41, 5.74) is 2.43. The standard InChI is InChI=1S/C22H28N4O3/c1-3-29-21(27)16-25-11-4-12-26(14-13-25)20-10-7-18(15-23-20)22(28)24-19-8-5-17(2)6-9-19/h5-10,15H,3-4,11-14,16H2,1-2H3,(H,24,28). The van der Waals surface area contributed by atoms with Gasteiger partial charge in [-0.05, 0) is 44.5 Å². The fraction of sp³-hybridized carbons (Fsp3) is 0.409. The first-order valence-electron chi connectivity index (χ1n) is 10.0. The van der Waals surface area contributed by atoms with E-state index in [1.807, 2.05) is 44.2 Å². The molecule has 29 heavy (non-hydrogen) atoms. The minimum Gasteiger partial charge on any atom is -0.465 e. The molecule has 1 amide bonds. The monoisotopic (exact) mass is 396 g/mol. The molecule has 1 aromatic heterocycles. The third kappa shape index (κ3) is 6.02. The van der Waals surface area contributed by atoms with Crippen LogP contribution in [0, 0.1) is 6.92 Å². The Morgan fingerprint density at radius 3 is 2.55 bits per heavy atom. The zero-order chi connectivity index (χ0) is 20.6. The SMILES string of the molecule is CCOC(=O)CN1CCCN(c2ccc(C(=O)Nc3ccc(C)cc3)cn2)CC1. The minimum atomic E-state index is -0.178. The maximum absolute atomic E-state index is 12.4. The van der Waals surface area contributed by atoms with Crippen LogP contribution in [0.25, 0.3) is 0 Å². The highest BCUT2D eigenvalue weighted by Gasteiger charge is 2.18. The summed E-state index contributed by atoms with van der Waals surface area (Å²) in [5, 5.41) is 2.89. The second-order valence-electron chi connectivity index (χ2n) is 7.15. The molecule has 0 saturated carbocycles. The highest BCUT2D eigenvalue weighted by molar-refractivity contribution is 6.04. The molecule has 1 N–H and O–H groups in total. The van der Waals surface area contributed by atoms with Gasteiger partial charge in [-0.3, -0.25) is 14.5 Å². The van der Waals surface area contributed by atoms with E-state index in [1.165, 1.54) is 0 Å². The molecule has 0 bridgehead atoms. The zero-order valence-corrected chi connectivity index (χ0v) is 17.1. The number of aromatic nitrogens is 1. The molecule has 3 rings (SSSR count). The summed E-state index contributed by atoms with van der Waals surface area (Å²) in [5.74, 6) is 0.488. The van der Waals surface area contributed by atoms with Crippen molar-refractivity contribution in [1.29, 1.82) is 0 Å². The van der Waals surface area contributed by atoms with Gasteiger partial charge in [0.2, 0.25) is 0 Å². The average molecular weight is 396 g/mol. The average Bonchev–Trinajstić information content (AvgIpc) is 2.95. The lowest BCUT2D eigenvalue weighted by Crippen LogP contribution is -2.35. The third-order valence-corrected chi connectivity index (χ3v) is 4.89. The maximum atomic E-state index is 12.4. The zero-order valence-electron chi connectivity index (χ0n) is 17.1. The van der Waals surface area contributed by atoms with Crippen molar-refractivity contribution in [3.8, 4) is 0 Å². The van der Waals surface area contributed by atoms with E-state index < -0.39 is 0 Å². The Morgan fingerprint density at radius 1 is 1.07 bits per heavy atom. The molecule has 1 aromatic carbocycles. The first kappa shape index (κ1) is 20.8. The van der Waals surface area contributed by atoms with Crippen molar-refractivity contribution in [2.24, 2.45) is 0 Å². The van der Waals surface area contributed by atoms with Crippen LogP contribution in [0.15, 0.2) is 42.6 Å². The number of nitrogens with one attached hydrogen (secondary N) is 1. The van der Waals surface area contributed by atoms with Crippen molar-refractivity contribution < 1.29 is 14.3 Å². The predicted molar refractivity (Wildman–Crippen MR) is 113 cm³/mol. The summed E-state index contributed by atoms with van der Waals surface area (Å²) >= 11 is 0. The number of nitrogens with zero attached hydrogens (tertiary/aromatic N) is 3. The fourth-order valence-corrected chi connectivity index (χ4v) is 3.29. The molecule has 0 spiro atoms. The molecule has 1 aliphatic heterocycles. The second-order valence-corrected chi connectivity index (χ2v) is 7.15. The van der Waals surface area contributed by atoms with Gasteiger partial charge in [-0.1, -0.05) is 17.7 Å². The molecule has 2 heterocycles. The molecule has 0 radical (unpaired) electrons. The van der Waals surface area contributed by atoms with Gasteiger partial charge in [0.25, 0.3) is 5.91 Å². The Morgan fingerprint density at radius 2 is 1.86 bits per heavy atom. The summed E-state index contributed by atoms with van der Waals surface area (Å²) in [4.78, 5) is 32.9. The number of aryl methyl sites for hydroxylation is 1. The number of ether oxygens (including phenoxy) is 1. The van der Waals surface area contributed by atoms with E-state index in [4.69, 9.17) is 4.74 Å². The van der Waals surface area contributed by atoms with Crippen molar-refractivity contribution in [3.63, 3.8) is 0 Å². The van der Waals surface area contributed by atoms with Gasteiger partial charge in [0.1, 0.15) is 5.82 Å². The van der Waals surface area contributed by atoms with Crippen molar-refractivity contribution in [2.45, 2.75) is 20.3 Å². The number of esters is 1. The Hall–Kier alpha value is -2.93. The molecular formula is C22H28N4O3.